The van der Waals surface area contributed by atoms with Crippen LogP contribution in [0.1, 0.15) is 11.1 Å². The molecule has 0 saturated carbocycles. The Morgan fingerprint density at radius 2 is 1.95 bits per heavy atom. The van der Waals surface area contributed by atoms with Gasteiger partial charge in [-0.05, 0) is 24.1 Å². The molecule has 4 nitrogen and oxygen atoms in total. The number of hydrogen-bond acceptors (Lipinski definition) is 3. The molecule has 0 aliphatic rings. The third-order valence-corrected chi connectivity index (χ3v) is 2.98. The lowest BCUT2D eigenvalue weighted by atomic mass is 10.1. The van der Waals surface area contributed by atoms with E-state index in [2.05, 4.69) is 4.98 Å². The molecule has 1 N–H and O–H groups in total. The van der Waals surface area contributed by atoms with Crippen LogP contribution in [-0.4, -0.2) is 16.1 Å². The number of aromatic nitrogens is 1. The molecule has 0 bridgehead atoms. The van der Waals surface area contributed by atoms with Crippen molar-refractivity contribution in [3.8, 4) is 17.3 Å². The largest absolute Gasteiger partial charge is 0.478 e. The highest BCUT2D eigenvalue weighted by Gasteiger charge is 1.99. The summed E-state index contributed by atoms with van der Waals surface area (Å²) in [4.78, 5) is 14.6. The van der Waals surface area contributed by atoms with Crippen molar-refractivity contribution in [2.24, 2.45) is 0 Å². The van der Waals surface area contributed by atoms with E-state index in [1.807, 2.05) is 42.5 Å². The van der Waals surface area contributed by atoms with E-state index in [0.29, 0.717) is 5.56 Å². The summed E-state index contributed by atoms with van der Waals surface area (Å²) < 4.78 is 0. The van der Waals surface area contributed by atoms with Crippen molar-refractivity contribution in [1.82, 2.24) is 4.98 Å². The van der Waals surface area contributed by atoms with E-state index in [4.69, 9.17) is 10.4 Å². The van der Waals surface area contributed by atoms with Gasteiger partial charge in [-0.2, -0.15) is 5.26 Å². The van der Waals surface area contributed by atoms with E-state index in [9.17, 15) is 4.79 Å². The van der Waals surface area contributed by atoms with Crippen LogP contribution < -0.4 is 0 Å². The lowest BCUT2D eigenvalue weighted by Gasteiger charge is -2.02. The molecule has 2 rings (SSSR count). The molecule has 1 aromatic heterocycles. The Morgan fingerprint density at radius 3 is 2.55 bits per heavy atom. The van der Waals surface area contributed by atoms with Crippen LogP contribution in [0.15, 0.2) is 66.9 Å². The zero-order valence-electron chi connectivity index (χ0n) is 11.8. The second-order valence-electron chi connectivity index (χ2n) is 4.57. The van der Waals surface area contributed by atoms with Crippen molar-refractivity contribution in [2.45, 2.75) is 6.42 Å². The molecule has 0 amide bonds. The van der Waals surface area contributed by atoms with Crippen LogP contribution in [0.3, 0.4) is 0 Å². The van der Waals surface area contributed by atoms with Crippen molar-refractivity contribution >= 4 is 5.97 Å². The van der Waals surface area contributed by atoms with Crippen LogP contribution in [0.2, 0.25) is 0 Å². The molecular formula is C18H14N2O2. The maximum Gasteiger partial charge on any atom is 0.328 e. The van der Waals surface area contributed by atoms with Crippen molar-refractivity contribution < 1.29 is 9.90 Å². The Bertz CT molecular complexity index is 736. The van der Waals surface area contributed by atoms with Gasteiger partial charge in [0.1, 0.15) is 6.07 Å². The van der Waals surface area contributed by atoms with Crippen LogP contribution >= 0.6 is 0 Å². The number of carbonyl (C=O) groups is 1. The monoisotopic (exact) mass is 290 g/mol. The van der Waals surface area contributed by atoms with Crippen molar-refractivity contribution in [2.75, 3.05) is 0 Å². The molecule has 0 saturated heterocycles. The third-order valence-electron chi connectivity index (χ3n) is 2.98. The fraction of sp³-hybridized carbons (Fsp3) is 0.0556. The van der Waals surface area contributed by atoms with Crippen molar-refractivity contribution in [1.29, 1.82) is 5.26 Å². The van der Waals surface area contributed by atoms with Gasteiger partial charge in [0.05, 0.1) is 11.3 Å². The molecule has 1 heterocycles. The smallest absolute Gasteiger partial charge is 0.328 e. The molecule has 0 fully saturated rings. The van der Waals surface area contributed by atoms with E-state index in [0.717, 1.165) is 29.3 Å². The molecule has 0 aliphatic heterocycles. The number of nitriles is 1. The number of pyridine rings is 1. The van der Waals surface area contributed by atoms with Crippen LogP contribution in [0.5, 0.6) is 0 Å². The molecule has 2 aromatic rings. The predicted molar refractivity (Wildman–Crippen MR) is 84.0 cm³/mol. The summed E-state index contributed by atoms with van der Waals surface area (Å²) in [5.41, 5.74) is 3.48. The van der Waals surface area contributed by atoms with E-state index < -0.39 is 5.97 Å². The summed E-state index contributed by atoms with van der Waals surface area (Å²) in [6.07, 6.45) is 8.48. The molecule has 108 valence electrons. The minimum absolute atomic E-state index is 0.542. The van der Waals surface area contributed by atoms with Gasteiger partial charge in [-0.3, -0.25) is 4.98 Å². The molecule has 0 aliphatic carbocycles. The summed E-state index contributed by atoms with van der Waals surface area (Å²) in [5, 5.41) is 17.2. The van der Waals surface area contributed by atoms with Gasteiger partial charge in [0.15, 0.2) is 0 Å². The number of benzene rings is 1. The van der Waals surface area contributed by atoms with Crippen LogP contribution in [-0.2, 0) is 11.2 Å². The highest BCUT2D eigenvalue weighted by Crippen LogP contribution is 2.18. The minimum Gasteiger partial charge on any atom is -0.478 e. The number of allylic oxidation sites excluding steroid dienone is 3. The number of nitrogens with zero attached hydrogens (tertiary/aromatic N) is 2. The van der Waals surface area contributed by atoms with Gasteiger partial charge in [0.2, 0.25) is 0 Å². The van der Waals surface area contributed by atoms with Gasteiger partial charge in [0, 0.05) is 17.8 Å². The highest BCUT2D eigenvalue weighted by molar-refractivity contribution is 5.80. The van der Waals surface area contributed by atoms with E-state index in [-0.39, 0.29) is 0 Å². The van der Waals surface area contributed by atoms with Gasteiger partial charge in [0.25, 0.3) is 0 Å². The first-order valence-corrected chi connectivity index (χ1v) is 6.70. The summed E-state index contributed by atoms with van der Waals surface area (Å²) in [6, 6.07) is 13.6. The summed E-state index contributed by atoms with van der Waals surface area (Å²) in [6.45, 7) is 0. The first kappa shape index (κ1) is 15.2. The molecule has 0 radical (unpaired) electrons. The lowest BCUT2D eigenvalue weighted by Crippen LogP contribution is -1.86. The number of aliphatic carboxylic acids is 1. The zero-order valence-corrected chi connectivity index (χ0v) is 11.8. The normalized spacial score (nSPS) is 10.9. The van der Waals surface area contributed by atoms with E-state index in [1.54, 1.807) is 18.3 Å². The van der Waals surface area contributed by atoms with Crippen LogP contribution in [0.4, 0.5) is 0 Å². The first-order valence-electron chi connectivity index (χ1n) is 6.70. The molecule has 0 unspecified atom stereocenters. The first-order chi connectivity index (χ1) is 10.7. The molecule has 1 aromatic carbocycles. The Balaban J connectivity index is 2.00. The summed E-state index contributed by atoms with van der Waals surface area (Å²) in [5.74, 6) is -0.955. The number of hydrogen-bond donors (Lipinski definition) is 1. The number of carboxylic acid groups (broad SMARTS) is 1. The van der Waals surface area contributed by atoms with Gasteiger partial charge >= 0.3 is 5.97 Å². The molecule has 0 spiro atoms. The molecular weight excluding hydrogens is 276 g/mol. The fourth-order valence-electron chi connectivity index (χ4n) is 1.86. The lowest BCUT2D eigenvalue weighted by molar-refractivity contribution is -0.131. The molecule has 0 atom stereocenters. The van der Waals surface area contributed by atoms with Crippen molar-refractivity contribution in [3.63, 3.8) is 0 Å². The Hall–Kier alpha value is -3.19. The zero-order chi connectivity index (χ0) is 15.8. The average Bonchev–Trinajstić information content (AvgIpc) is 2.55. The van der Waals surface area contributed by atoms with Gasteiger partial charge in [-0.1, -0.05) is 42.5 Å². The van der Waals surface area contributed by atoms with E-state index in [1.165, 1.54) is 6.08 Å². The van der Waals surface area contributed by atoms with Crippen LogP contribution in [0.25, 0.3) is 11.3 Å². The standard InChI is InChI=1S/C18H14N2O2/c19-12-15-8-11-17(20-13-15)16-9-6-14(7-10-16)4-2-1-3-5-18(21)22/h1-3,5-11,13H,4H2,(H,21,22)/b2-1+,5-3+. The highest BCUT2D eigenvalue weighted by atomic mass is 16.4. The second kappa shape index (κ2) is 7.55. The van der Waals surface area contributed by atoms with E-state index >= 15 is 0 Å². The summed E-state index contributed by atoms with van der Waals surface area (Å²) >= 11 is 0. The fourth-order valence-corrected chi connectivity index (χ4v) is 1.86. The van der Waals surface area contributed by atoms with Gasteiger partial charge in [-0.25, -0.2) is 4.79 Å². The van der Waals surface area contributed by atoms with Crippen LogP contribution in [0, 0.1) is 11.3 Å². The molecule has 4 heteroatoms. The topological polar surface area (TPSA) is 74.0 Å². The maximum atomic E-state index is 10.3. The quantitative estimate of drug-likeness (QED) is 0.677. The Morgan fingerprint density at radius 1 is 1.18 bits per heavy atom. The minimum atomic E-state index is -0.955. The average molecular weight is 290 g/mol. The van der Waals surface area contributed by atoms with Crippen molar-refractivity contribution in [3.05, 3.63) is 78.0 Å². The Labute approximate surface area is 128 Å². The predicted octanol–water partition coefficient (Wildman–Crippen LogP) is 3.36. The number of carboxylic acids is 1. The van der Waals surface area contributed by atoms with Gasteiger partial charge in [-0.15, -0.1) is 0 Å². The Kier molecular flexibility index (Phi) is 5.22. The SMILES string of the molecule is N#Cc1ccc(-c2ccc(C/C=C/C=C/C(=O)O)cc2)nc1. The van der Waals surface area contributed by atoms with Gasteiger partial charge < -0.3 is 5.11 Å². The maximum absolute atomic E-state index is 10.3. The second-order valence-corrected chi connectivity index (χ2v) is 4.57. The summed E-state index contributed by atoms with van der Waals surface area (Å²) in [7, 11) is 0. The third kappa shape index (κ3) is 4.43. The molecule has 22 heavy (non-hydrogen) atoms. The number of rotatable bonds is 5.